The molecule has 2 aliphatic rings. The number of allylic oxidation sites excluding steroid dienone is 1. The van der Waals surface area contributed by atoms with Gasteiger partial charge in [-0.1, -0.05) is 24.3 Å². The van der Waals surface area contributed by atoms with Gasteiger partial charge in [0.25, 0.3) is 0 Å². The lowest BCUT2D eigenvalue weighted by atomic mass is 9.85. The zero-order valence-electron chi connectivity index (χ0n) is 19.5. The number of hydrogen-bond donors (Lipinski definition) is 2. The Morgan fingerprint density at radius 2 is 2.00 bits per heavy atom. The molecule has 0 saturated carbocycles. The molecule has 33 heavy (non-hydrogen) atoms. The molecule has 0 bridgehead atoms. The number of carbonyl (C=O) groups excluding carboxylic acids is 3. The van der Waals surface area contributed by atoms with Gasteiger partial charge in [0, 0.05) is 17.6 Å². The highest BCUT2D eigenvalue weighted by atomic mass is 16.6. The van der Waals surface area contributed by atoms with Gasteiger partial charge >= 0.3 is 17.9 Å². The average molecular weight is 461 g/mol. The van der Waals surface area contributed by atoms with Gasteiger partial charge in [0.2, 0.25) is 0 Å². The maximum Gasteiger partial charge on any atom is 0.337 e. The summed E-state index contributed by atoms with van der Waals surface area (Å²) in [6.07, 6.45) is 4.70. The second-order valence-electron chi connectivity index (χ2n) is 8.24. The number of aliphatic hydroxyl groups excluding tert-OH is 2. The molecule has 1 fully saturated rings. The van der Waals surface area contributed by atoms with Gasteiger partial charge in [-0.3, -0.25) is 0 Å². The highest BCUT2D eigenvalue weighted by Gasteiger charge is 2.44. The third-order valence-electron chi connectivity index (χ3n) is 5.80. The first-order valence-corrected chi connectivity index (χ1v) is 10.8. The van der Waals surface area contributed by atoms with Crippen molar-refractivity contribution in [3.05, 3.63) is 58.7 Å². The largest absolute Gasteiger partial charge is 0.458 e. The third-order valence-corrected chi connectivity index (χ3v) is 5.80. The summed E-state index contributed by atoms with van der Waals surface area (Å²) in [5.74, 6) is -2.62. The predicted molar refractivity (Wildman–Crippen MR) is 121 cm³/mol. The van der Waals surface area contributed by atoms with E-state index in [0.29, 0.717) is 17.6 Å². The molecule has 0 amide bonds. The van der Waals surface area contributed by atoms with Crippen LogP contribution in [0.1, 0.15) is 40.5 Å². The molecular weight excluding hydrogens is 428 g/mol. The third kappa shape index (κ3) is 6.76. The molecule has 0 unspecified atom stereocenters. The minimum absolute atomic E-state index is 0.0250. The van der Waals surface area contributed by atoms with Crippen LogP contribution in [0.15, 0.2) is 58.7 Å². The van der Waals surface area contributed by atoms with E-state index in [4.69, 9.17) is 14.2 Å². The van der Waals surface area contributed by atoms with Crippen LogP contribution in [0.2, 0.25) is 0 Å². The molecule has 180 valence electrons. The summed E-state index contributed by atoms with van der Waals surface area (Å²) in [5.41, 5.74) is 2.02. The normalized spacial score (nSPS) is 29.8. The highest BCUT2D eigenvalue weighted by Crippen LogP contribution is 2.36. The van der Waals surface area contributed by atoms with E-state index in [0.717, 1.165) is 5.57 Å². The highest BCUT2D eigenvalue weighted by molar-refractivity contribution is 5.93. The second kappa shape index (κ2) is 11.8. The molecule has 0 aromatic carbocycles. The molecule has 0 radical (unpaired) electrons. The Labute approximate surface area is 193 Å². The molecule has 0 spiro atoms. The standard InChI is InChI=1S/C25H32O8/c1-6-15(3)23(28)31-13-18(9-10-26)25(30)33-20-11-14(2)7-8-19(27)16(4)12-21-22(20)17(5)24(29)32-21/h6-7,9,12,19-22,26-27H,5,8,10-11,13H2,1-4H3/b14-7+,15-6+,16-12-,18-9+/t19-,20+,21-,22+/m0/s1. The van der Waals surface area contributed by atoms with Gasteiger partial charge < -0.3 is 24.4 Å². The summed E-state index contributed by atoms with van der Waals surface area (Å²) in [6, 6.07) is 0. The summed E-state index contributed by atoms with van der Waals surface area (Å²) < 4.78 is 16.3. The molecule has 0 aromatic rings. The number of fused-ring (bicyclic) bond motifs is 1. The van der Waals surface area contributed by atoms with Crippen molar-refractivity contribution in [3.63, 3.8) is 0 Å². The van der Waals surface area contributed by atoms with Crippen molar-refractivity contribution in [1.82, 2.24) is 0 Å². The van der Waals surface area contributed by atoms with Gasteiger partial charge in [-0.15, -0.1) is 0 Å². The smallest absolute Gasteiger partial charge is 0.337 e. The molecule has 8 nitrogen and oxygen atoms in total. The summed E-state index contributed by atoms with van der Waals surface area (Å²) in [4.78, 5) is 37.2. The Morgan fingerprint density at radius 3 is 2.64 bits per heavy atom. The SMILES string of the molecule is C=C1C(=O)O[C@H]2/C=C(/C)[C@@H](O)C/C=C(\C)C[C@@H](OC(=O)/C(=C/CO)COC(=O)/C(C)=C/C)[C@@H]12. The van der Waals surface area contributed by atoms with Crippen molar-refractivity contribution in [2.24, 2.45) is 5.92 Å². The van der Waals surface area contributed by atoms with E-state index in [-0.39, 0.29) is 24.2 Å². The maximum absolute atomic E-state index is 13.0. The van der Waals surface area contributed by atoms with Crippen molar-refractivity contribution in [1.29, 1.82) is 0 Å². The van der Waals surface area contributed by atoms with Crippen LogP contribution >= 0.6 is 0 Å². The zero-order valence-corrected chi connectivity index (χ0v) is 19.5. The molecule has 1 aliphatic heterocycles. The van der Waals surface area contributed by atoms with Crippen molar-refractivity contribution >= 4 is 17.9 Å². The lowest BCUT2D eigenvalue weighted by Gasteiger charge is -2.28. The molecule has 0 aromatic heterocycles. The fraction of sp³-hybridized carbons (Fsp3) is 0.480. The van der Waals surface area contributed by atoms with E-state index >= 15 is 0 Å². The van der Waals surface area contributed by atoms with Gasteiger partial charge in [-0.2, -0.15) is 0 Å². The monoisotopic (exact) mass is 460 g/mol. The maximum atomic E-state index is 13.0. The molecule has 4 atom stereocenters. The van der Waals surface area contributed by atoms with Gasteiger partial charge in [0.1, 0.15) is 18.8 Å². The molecule has 1 aliphatic carbocycles. The summed E-state index contributed by atoms with van der Waals surface area (Å²) in [7, 11) is 0. The quantitative estimate of drug-likeness (QED) is 0.269. The van der Waals surface area contributed by atoms with E-state index in [1.54, 1.807) is 32.9 Å². The van der Waals surface area contributed by atoms with Crippen molar-refractivity contribution in [2.75, 3.05) is 13.2 Å². The number of hydrogen-bond acceptors (Lipinski definition) is 8. The Balaban J connectivity index is 2.31. The fourth-order valence-electron chi connectivity index (χ4n) is 3.59. The lowest BCUT2D eigenvalue weighted by Crippen LogP contribution is -2.34. The van der Waals surface area contributed by atoms with E-state index in [2.05, 4.69) is 6.58 Å². The van der Waals surface area contributed by atoms with E-state index in [9.17, 15) is 24.6 Å². The molecular formula is C25H32O8. The van der Waals surface area contributed by atoms with E-state index in [1.165, 1.54) is 6.08 Å². The van der Waals surface area contributed by atoms with Gasteiger partial charge in [-0.25, -0.2) is 14.4 Å². The van der Waals surface area contributed by atoms with Crippen LogP contribution in [0.25, 0.3) is 0 Å². The molecule has 2 N–H and O–H groups in total. The van der Waals surface area contributed by atoms with E-state index < -0.39 is 48.7 Å². The molecule has 1 saturated heterocycles. The zero-order chi connectivity index (χ0) is 24.7. The van der Waals surface area contributed by atoms with Crippen LogP contribution in [-0.4, -0.2) is 59.6 Å². The first kappa shape index (κ1) is 26.3. The van der Waals surface area contributed by atoms with Crippen LogP contribution in [0.4, 0.5) is 0 Å². The van der Waals surface area contributed by atoms with Gasteiger partial charge in [0.15, 0.2) is 0 Å². The predicted octanol–water partition coefficient (Wildman–Crippen LogP) is 2.47. The van der Waals surface area contributed by atoms with Crippen LogP contribution in [-0.2, 0) is 28.6 Å². The Bertz CT molecular complexity index is 921. The average Bonchev–Trinajstić information content (AvgIpc) is 3.05. The second-order valence-corrected chi connectivity index (χ2v) is 8.24. The van der Waals surface area contributed by atoms with Gasteiger partial charge in [0.05, 0.1) is 24.2 Å². The first-order valence-electron chi connectivity index (χ1n) is 10.8. The first-order chi connectivity index (χ1) is 15.6. The van der Waals surface area contributed by atoms with Crippen molar-refractivity contribution < 1.29 is 38.8 Å². The minimum atomic E-state index is -0.799. The lowest BCUT2D eigenvalue weighted by molar-refractivity contribution is -0.148. The Morgan fingerprint density at radius 1 is 1.30 bits per heavy atom. The summed E-state index contributed by atoms with van der Waals surface area (Å²) in [6.45, 7) is 9.87. The van der Waals surface area contributed by atoms with Crippen LogP contribution in [0.3, 0.4) is 0 Å². The topological polar surface area (TPSA) is 119 Å². The Kier molecular flexibility index (Phi) is 9.37. The van der Waals surface area contributed by atoms with E-state index in [1.807, 2.05) is 13.0 Å². The van der Waals surface area contributed by atoms with Crippen LogP contribution in [0, 0.1) is 5.92 Å². The minimum Gasteiger partial charge on any atom is -0.458 e. The van der Waals surface area contributed by atoms with Crippen molar-refractivity contribution in [3.8, 4) is 0 Å². The number of carbonyl (C=O) groups is 3. The van der Waals surface area contributed by atoms with Crippen molar-refractivity contribution in [2.45, 2.75) is 58.8 Å². The molecule has 2 rings (SSSR count). The summed E-state index contributed by atoms with van der Waals surface area (Å²) >= 11 is 0. The number of aliphatic hydroxyl groups is 2. The fourth-order valence-corrected chi connectivity index (χ4v) is 3.59. The van der Waals surface area contributed by atoms with Crippen LogP contribution in [0.5, 0.6) is 0 Å². The molecule has 8 heteroatoms. The number of esters is 3. The number of rotatable bonds is 6. The Hall–Kier alpha value is -2.97. The number of ether oxygens (including phenoxy) is 3. The molecule has 1 heterocycles. The van der Waals surface area contributed by atoms with Crippen LogP contribution < -0.4 is 0 Å². The van der Waals surface area contributed by atoms with Gasteiger partial charge in [-0.05, 0) is 51.8 Å². The summed E-state index contributed by atoms with van der Waals surface area (Å²) in [5, 5.41) is 19.7.